The summed E-state index contributed by atoms with van der Waals surface area (Å²) in [4.78, 5) is 10.9. The molecule has 0 saturated heterocycles. The number of carboxylic acid groups (broad SMARTS) is 1. The molecule has 0 radical (unpaired) electrons. The summed E-state index contributed by atoms with van der Waals surface area (Å²) < 4.78 is 2.08. The zero-order valence-electron chi connectivity index (χ0n) is 12.0. The molecule has 1 N–H and O–H groups in total. The Morgan fingerprint density at radius 1 is 1.32 bits per heavy atom. The van der Waals surface area contributed by atoms with Gasteiger partial charge in [0.15, 0.2) is 0 Å². The first kappa shape index (κ1) is 13.7. The van der Waals surface area contributed by atoms with Gasteiger partial charge in [0.1, 0.15) is 0 Å². The first-order valence-electron chi connectivity index (χ1n) is 6.70. The van der Waals surface area contributed by atoms with Gasteiger partial charge in [-0.3, -0.25) is 4.79 Å². The van der Waals surface area contributed by atoms with Crippen molar-refractivity contribution in [3.63, 3.8) is 0 Å². The lowest BCUT2D eigenvalue weighted by atomic mass is 9.94. The third kappa shape index (κ3) is 2.65. The monoisotopic (exact) mass is 259 g/mol. The maximum absolute atomic E-state index is 10.9. The molecule has 2 rings (SSSR count). The predicted octanol–water partition coefficient (Wildman–Crippen LogP) is 3.88. The van der Waals surface area contributed by atoms with Crippen LogP contribution in [-0.4, -0.2) is 15.6 Å². The minimum Gasteiger partial charge on any atom is -0.481 e. The molecule has 0 aliphatic rings. The SMILES string of the molecule is CC(C)c1ccc2c(c1)c(C(C)CC(=O)O)cn2C. The fourth-order valence-corrected chi connectivity index (χ4v) is 2.56. The smallest absolute Gasteiger partial charge is 0.303 e. The molecule has 1 aromatic carbocycles. The van der Waals surface area contributed by atoms with E-state index in [4.69, 9.17) is 5.11 Å². The standard InChI is InChI=1S/C16H21NO2/c1-10(2)12-5-6-15-13(8-12)14(9-17(15)4)11(3)7-16(18)19/h5-6,8-11H,7H2,1-4H3,(H,18,19). The Hall–Kier alpha value is -1.77. The van der Waals surface area contributed by atoms with Crippen LogP contribution in [0.5, 0.6) is 0 Å². The van der Waals surface area contributed by atoms with E-state index in [1.54, 1.807) is 0 Å². The van der Waals surface area contributed by atoms with Crippen molar-refractivity contribution in [2.24, 2.45) is 7.05 Å². The van der Waals surface area contributed by atoms with Gasteiger partial charge in [-0.1, -0.05) is 26.8 Å². The quantitative estimate of drug-likeness (QED) is 0.905. The van der Waals surface area contributed by atoms with Crippen LogP contribution in [0.1, 0.15) is 50.2 Å². The Balaban J connectivity index is 2.54. The zero-order valence-corrected chi connectivity index (χ0v) is 12.0. The predicted molar refractivity (Wildman–Crippen MR) is 77.7 cm³/mol. The van der Waals surface area contributed by atoms with Gasteiger partial charge in [0.2, 0.25) is 0 Å². The molecular weight excluding hydrogens is 238 g/mol. The van der Waals surface area contributed by atoms with Crippen LogP contribution < -0.4 is 0 Å². The van der Waals surface area contributed by atoms with Crippen molar-refractivity contribution in [1.29, 1.82) is 0 Å². The van der Waals surface area contributed by atoms with Crippen LogP contribution >= 0.6 is 0 Å². The van der Waals surface area contributed by atoms with Crippen LogP contribution in [-0.2, 0) is 11.8 Å². The number of hydrogen-bond acceptors (Lipinski definition) is 1. The fourth-order valence-electron chi connectivity index (χ4n) is 2.56. The average molecular weight is 259 g/mol. The van der Waals surface area contributed by atoms with E-state index in [0.29, 0.717) is 5.92 Å². The highest BCUT2D eigenvalue weighted by Crippen LogP contribution is 2.31. The summed E-state index contributed by atoms with van der Waals surface area (Å²) in [6.45, 7) is 6.32. The largest absolute Gasteiger partial charge is 0.481 e. The van der Waals surface area contributed by atoms with Crippen molar-refractivity contribution < 1.29 is 9.90 Å². The normalized spacial score (nSPS) is 13.1. The number of rotatable bonds is 4. The van der Waals surface area contributed by atoms with Gasteiger partial charge in [0.25, 0.3) is 0 Å². The molecule has 19 heavy (non-hydrogen) atoms. The Morgan fingerprint density at radius 3 is 2.58 bits per heavy atom. The van der Waals surface area contributed by atoms with Crippen LogP contribution in [0.25, 0.3) is 10.9 Å². The van der Waals surface area contributed by atoms with Gasteiger partial charge in [-0.25, -0.2) is 0 Å². The van der Waals surface area contributed by atoms with Crippen molar-refractivity contribution >= 4 is 16.9 Å². The lowest BCUT2D eigenvalue weighted by Crippen LogP contribution is -2.02. The summed E-state index contributed by atoms with van der Waals surface area (Å²) in [6.07, 6.45) is 2.23. The highest BCUT2D eigenvalue weighted by molar-refractivity contribution is 5.86. The summed E-state index contributed by atoms with van der Waals surface area (Å²) in [6, 6.07) is 6.48. The van der Waals surface area contributed by atoms with Crippen LogP contribution in [0.4, 0.5) is 0 Å². The first-order valence-corrected chi connectivity index (χ1v) is 6.70. The summed E-state index contributed by atoms with van der Waals surface area (Å²) in [5.41, 5.74) is 3.58. The summed E-state index contributed by atoms with van der Waals surface area (Å²) >= 11 is 0. The number of carboxylic acids is 1. The molecule has 0 spiro atoms. The fraction of sp³-hybridized carbons (Fsp3) is 0.438. The number of aromatic nitrogens is 1. The summed E-state index contributed by atoms with van der Waals surface area (Å²) in [5.74, 6) is -0.236. The van der Waals surface area contributed by atoms with Gasteiger partial charge in [0, 0.05) is 24.1 Å². The van der Waals surface area contributed by atoms with E-state index in [-0.39, 0.29) is 12.3 Å². The highest BCUT2D eigenvalue weighted by Gasteiger charge is 2.16. The number of carbonyl (C=O) groups is 1. The molecule has 0 aliphatic heterocycles. The first-order chi connectivity index (χ1) is 8.90. The third-order valence-electron chi connectivity index (χ3n) is 3.72. The number of aliphatic carboxylic acids is 1. The van der Waals surface area contributed by atoms with E-state index in [1.807, 2.05) is 14.0 Å². The molecule has 1 heterocycles. The molecule has 0 saturated carbocycles. The number of nitrogens with zero attached hydrogens (tertiary/aromatic N) is 1. The van der Waals surface area contributed by atoms with Crippen molar-refractivity contribution in [2.75, 3.05) is 0 Å². The second-order valence-corrected chi connectivity index (χ2v) is 5.63. The molecule has 1 aromatic heterocycles. The van der Waals surface area contributed by atoms with Crippen LogP contribution in [0.2, 0.25) is 0 Å². The third-order valence-corrected chi connectivity index (χ3v) is 3.72. The molecule has 0 fully saturated rings. The lowest BCUT2D eigenvalue weighted by molar-refractivity contribution is -0.137. The van der Waals surface area contributed by atoms with E-state index < -0.39 is 5.97 Å². The number of hydrogen-bond donors (Lipinski definition) is 1. The molecule has 2 aromatic rings. The van der Waals surface area contributed by atoms with E-state index in [1.165, 1.54) is 10.9 Å². The molecule has 1 atom stereocenters. The van der Waals surface area contributed by atoms with E-state index in [2.05, 4.69) is 42.8 Å². The van der Waals surface area contributed by atoms with Crippen LogP contribution in [0.3, 0.4) is 0 Å². The minimum absolute atomic E-state index is 0.0311. The van der Waals surface area contributed by atoms with E-state index in [0.717, 1.165) is 11.1 Å². The lowest BCUT2D eigenvalue weighted by Gasteiger charge is -2.09. The highest BCUT2D eigenvalue weighted by atomic mass is 16.4. The van der Waals surface area contributed by atoms with Crippen molar-refractivity contribution in [3.8, 4) is 0 Å². The Kier molecular flexibility index (Phi) is 3.65. The maximum Gasteiger partial charge on any atom is 0.303 e. The summed E-state index contributed by atoms with van der Waals surface area (Å²) in [7, 11) is 2.01. The van der Waals surface area contributed by atoms with Crippen molar-refractivity contribution in [1.82, 2.24) is 4.57 Å². The van der Waals surface area contributed by atoms with Gasteiger partial charge in [-0.15, -0.1) is 0 Å². The van der Waals surface area contributed by atoms with Gasteiger partial charge in [-0.05, 0) is 35.1 Å². The minimum atomic E-state index is -0.746. The van der Waals surface area contributed by atoms with Crippen LogP contribution in [0.15, 0.2) is 24.4 Å². The van der Waals surface area contributed by atoms with E-state index >= 15 is 0 Å². The topological polar surface area (TPSA) is 42.2 Å². The van der Waals surface area contributed by atoms with E-state index in [9.17, 15) is 4.79 Å². The molecule has 0 amide bonds. The Labute approximate surface area is 113 Å². The second-order valence-electron chi connectivity index (χ2n) is 5.63. The number of benzene rings is 1. The van der Waals surface area contributed by atoms with Gasteiger partial charge < -0.3 is 9.67 Å². The average Bonchev–Trinajstić information content (AvgIpc) is 2.65. The zero-order chi connectivity index (χ0) is 14.2. The second kappa shape index (κ2) is 5.08. The van der Waals surface area contributed by atoms with Gasteiger partial charge in [-0.2, -0.15) is 0 Å². The summed E-state index contributed by atoms with van der Waals surface area (Å²) in [5, 5.41) is 10.1. The van der Waals surface area contributed by atoms with Gasteiger partial charge >= 0.3 is 5.97 Å². The van der Waals surface area contributed by atoms with Crippen molar-refractivity contribution in [2.45, 2.75) is 39.0 Å². The Bertz CT molecular complexity index is 610. The molecular formula is C16H21NO2. The molecule has 1 unspecified atom stereocenters. The number of aryl methyl sites for hydroxylation is 1. The maximum atomic E-state index is 10.9. The van der Waals surface area contributed by atoms with Crippen molar-refractivity contribution in [3.05, 3.63) is 35.5 Å². The van der Waals surface area contributed by atoms with Crippen LogP contribution in [0, 0.1) is 0 Å². The van der Waals surface area contributed by atoms with Gasteiger partial charge in [0.05, 0.1) is 6.42 Å². The molecule has 0 bridgehead atoms. The molecule has 3 nitrogen and oxygen atoms in total. The number of fused-ring (bicyclic) bond motifs is 1. The Morgan fingerprint density at radius 2 is 2.00 bits per heavy atom. The molecule has 0 aliphatic carbocycles. The molecule has 3 heteroatoms. The molecule has 102 valence electrons.